The summed E-state index contributed by atoms with van der Waals surface area (Å²) in [7, 11) is 0. The molecular formula is C14H20BrN. The number of rotatable bonds is 5. The van der Waals surface area contributed by atoms with E-state index in [0.717, 1.165) is 24.9 Å². The van der Waals surface area contributed by atoms with E-state index in [4.69, 9.17) is 0 Å². The van der Waals surface area contributed by atoms with E-state index in [9.17, 15) is 0 Å². The van der Waals surface area contributed by atoms with Crippen molar-refractivity contribution in [1.29, 1.82) is 0 Å². The second kappa shape index (κ2) is 5.33. The molecule has 1 saturated carbocycles. The SMILES string of the molecule is Cc1cc(CNCC(C)C2CC2)ccc1Br. The van der Waals surface area contributed by atoms with Gasteiger partial charge in [0.25, 0.3) is 0 Å². The number of halogens is 1. The van der Waals surface area contributed by atoms with Crippen LogP contribution in [-0.2, 0) is 6.54 Å². The lowest BCUT2D eigenvalue weighted by atomic mass is 10.1. The second-order valence-corrected chi connectivity index (χ2v) is 5.88. The largest absolute Gasteiger partial charge is 0.312 e. The topological polar surface area (TPSA) is 12.0 Å². The molecule has 1 aliphatic rings. The van der Waals surface area contributed by atoms with Crippen LogP contribution in [0.1, 0.15) is 30.9 Å². The quantitative estimate of drug-likeness (QED) is 0.863. The standard InChI is InChI=1S/C14H20BrN/c1-10-7-12(3-6-14(10)15)9-16-8-11(2)13-4-5-13/h3,6-7,11,13,16H,4-5,8-9H2,1-2H3. The van der Waals surface area contributed by atoms with E-state index in [0.29, 0.717) is 0 Å². The van der Waals surface area contributed by atoms with Gasteiger partial charge in [0.15, 0.2) is 0 Å². The summed E-state index contributed by atoms with van der Waals surface area (Å²) in [6.45, 7) is 6.64. The molecule has 16 heavy (non-hydrogen) atoms. The molecule has 0 aliphatic heterocycles. The number of aryl methyl sites for hydroxylation is 1. The third-order valence-electron chi connectivity index (χ3n) is 3.44. The van der Waals surface area contributed by atoms with Gasteiger partial charge in [-0.25, -0.2) is 0 Å². The number of nitrogens with one attached hydrogen (secondary N) is 1. The fourth-order valence-corrected chi connectivity index (χ4v) is 2.34. The zero-order chi connectivity index (χ0) is 11.5. The summed E-state index contributed by atoms with van der Waals surface area (Å²) < 4.78 is 1.20. The molecule has 0 aromatic heterocycles. The average Bonchev–Trinajstić information content (AvgIpc) is 3.07. The molecule has 0 amide bonds. The summed E-state index contributed by atoms with van der Waals surface area (Å²) in [6, 6.07) is 6.57. The molecule has 1 nitrogen and oxygen atoms in total. The van der Waals surface area contributed by atoms with Crippen LogP contribution < -0.4 is 5.32 Å². The fraction of sp³-hybridized carbons (Fsp3) is 0.571. The number of hydrogen-bond acceptors (Lipinski definition) is 1. The predicted molar refractivity (Wildman–Crippen MR) is 72.5 cm³/mol. The first-order valence-corrected chi connectivity index (χ1v) is 6.92. The summed E-state index contributed by atoms with van der Waals surface area (Å²) >= 11 is 3.53. The molecule has 2 rings (SSSR count). The molecule has 0 bridgehead atoms. The zero-order valence-corrected chi connectivity index (χ0v) is 11.7. The molecule has 1 fully saturated rings. The molecule has 0 heterocycles. The Bertz CT molecular complexity index is 358. The molecule has 1 aromatic rings. The highest BCUT2D eigenvalue weighted by molar-refractivity contribution is 9.10. The highest BCUT2D eigenvalue weighted by atomic mass is 79.9. The highest BCUT2D eigenvalue weighted by Gasteiger charge is 2.27. The molecule has 1 N–H and O–H groups in total. The van der Waals surface area contributed by atoms with Crippen molar-refractivity contribution in [1.82, 2.24) is 5.32 Å². The fourth-order valence-electron chi connectivity index (χ4n) is 2.09. The summed E-state index contributed by atoms with van der Waals surface area (Å²) in [4.78, 5) is 0. The minimum absolute atomic E-state index is 0.844. The molecule has 1 aliphatic carbocycles. The number of benzene rings is 1. The number of hydrogen-bond donors (Lipinski definition) is 1. The molecular weight excluding hydrogens is 262 g/mol. The van der Waals surface area contributed by atoms with E-state index >= 15 is 0 Å². The Morgan fingerprint density at radius 1 is 1.44 bits per heavy atom. The molecule has 0 saturated heterocycles. The van der Waals surface area contributed by atoms with Gasteiger partial charge in [0.2, 0.25) is 0 Å². The maximum atomic E-state index is 3.55. The summed E-state index contributed by atoms with van der Waals surface area (Å²) in [5, 5.41) is 3.55. The molecule has 1 aromatic carbocycles. The van der Waals surface area contributed by atoms with Crippen molar-refractivity contribution in [3.05, 3.63) is 33.8 Å². The van der Waals surface area contributed by atoms with Crippen molar-refractivity contribution in [2.24, 2.45) is 11.8 Å². The van der Waals surface area contributed by atoms with E-state index in [1.165, 1.54) is 28.4 Å². The predicted octanol–water partition coefficient (Wildman–Crippen LogP) is 3.89. The van der Waals surface area contributed by atoms with Gasteiger partial charge in [-0.3, -0.25) is 0 Å². The lowest BCUT2D eigenvalue weighted by Crippen LogP contribution is -2.21. The van der Waals surface area contributed by atoms with Gasteiger partial charge in [-0.05, 0) is 55.3 Å². The Morgan fingerprint density at radius 2 is 2.19 bits per heavy atom. The minimum atomic E-state index is 0.844. The zero-order valence-electron chi connectivity index (χ0n) is 10.1. The van der Waals surface area contributed by atoms with E-state index in [2.05, 4.69) is 53.3 Å². The van der Waals surface area contributed by atoms with Crippen LogP contribution in [0.3, 0.4) is 0 Å². The van der Waals surface area contributed by atoms with E-state index in [-0.39, 0.29) is 0 Å². The lowest BCUT2D eigenvalue weighted by molar-refractivity contribution is 0.461. The van der Waals surface area contributed by atoms with Crippen molar-refractivity contribution in [3.63, 3.8) is 0 Å². The molecule has 2 heteroatoms. The summed E-state index contributed by atoms with van der Waals surface area (Å²) in [6.07, 6.45) is 2.89. The maximum absolute atomic E-state index is 3.55. The Labute approximate surface area is 107 Å². The summed E-state index contributed by atoms with van der Waals surface area (Å²) in [5.41, 5.74) is 2.69. The van der Waals surface area contributed by atoms with Gasteiger partial charge in [-0.1, -0.05) is 35.0 Å². The smallest absolute Gasteiger partial charge is 0.0205 e. The van der Waals surface area contributed by atoms with Crippen LogP contribution in [-0.4, -0.2) is 6.54 Å². The lowest BCUT2D eigenvalue weighted by Gasteiger charge is -2.11. The van der Waals surface area contributed by atoms with Crippen molar-refractivity contribution in [2.45, 2.75) is 33.2 Å². The van der Waals surface area contributed by atoms with Gasteiger partial charge >= 0.3 is 0 Å². The van der Waals surface area contributed by atoms with Crippen LogP contribution in [0.25, 0.3) is 0 Å². The van der Waals surface area contributed by atoms with E-state index < -0.39 is 0 Å². The first-order valence-electron chi connectivity index (χ1n) is 6.12. The summed E-state index contributed by atoms with van der Waals surface area (Å²) in [5.74, 6) is 1.84. The van der Waals surface area contributed by atoms with Crippen molar-refractivity contribution >= 4 is 15.9 Å². The van der Waals surface area contributed by atoms with Crippen LogP contribution in [0.4, 0.5) is 0 Å². The third-order valence-corrected chi connectivity index (χ3v) is 4.33. The molecule has 88 valence electrons. The van der Waals surface area contributed by atoms with Gasteiger partial charge < -0.3 is 5.32 Å². The van der Waals surface area contributed by atoms with E-state index in [1.807, 2.05) is 0 Å². The maximum Gasteiger partial charge on any atom is 0.0205 e. The third kappa shape index (κ3) is 3.33. The van der Waals surface area contributed by atoms with Crippen molar-refractivity contribution in [3.8, 4) is 0 Å². The molecule has 0 spiro atoms. The van der Waals surface area contributed by atoms with Crippen molar-refractivity contribution in [2.75, 3.05) is 6.54 Å². The van der Waals surface area contributed by atoms with Gasteiger partial charge in [0, 0.05) is 11.0 Å². The molecule has 0 radical (unpaired) electrons. The first-order chi connectivity index (χ1) is 7.66. The van der Waals surface area contributed by atoms with Crippen LogP contribution in [0.5, 0.6) is 0 Å². The molecule has 1 atom stereocenters. The molecule has 1 unspecified atom stereocenters. The van der Waals surface area contributed by atoms with Gasteiger partial charge in [-0.2, -0.15) is 0 Å². The van der Waals surface area contributed by atoms with Gasteiger partial charge in [0.05, 0.1) is 0 Å². The Kier molecular flexibility index (Phi) is 4.04. The van der Waals surface area contributed by atoms with Gasteiger partial charge in [0.1, 0.15) is 0 Å². The Morgan fingerprint density at radius 3 is 2.81 bits per heavy atom. The highest BCUT2D eigenvalue weighted by Crippen LogP contribution is 2.36. The Balaban J connectivity index is 1.78. The average molecular weight is 282 g/mol. The van der Waals surface area contributed by atoms with Crippen LogP contribution >= 0.6 is 15.9 Å². The van der Waals surface area contributed by atoms with E-state index in [1.54, 1.807) is 0 Å². The Hall–Kier alpha value is -0.340. The van der Waals surface area contributed by atoms with Crippen LogP contribution in [0, 0.1) is 18.8 Å². The monoisotopic (exact) mass is 281 g/mol. The van der Waals surface area contributed by atoms with Crippen LogP contribution in [0.2, 0.25) is 0 Å². The van der Waals surface area contributed by atoms with Crippen molar-refractivity contribution < 1.29 is 0 Å². The normalized spacial score (nSPS) is 17.4. The first kappa shape index (κ1) is 12.1. The minimum Gasteiger partial charge on any atom is -0.312 e. The van der Waals surface area contributed by atoms with Gasteiger partial charge in [-0.15, -0.1) is 0 Å². The second-order valence-electron chi connectivity index (χ2n) is 5.03. The van der Waals surface area contributed by atoms with Crippen LogP contribution in [0.15, 0.2) is 22.7 Å².